The third kappa shape index (κ3) is 2.15. The van der Waals surface area contributed by atoms with Gasteiger partial charge in [-0.1, -0.05) is 0 Å². The maximum Gasteiger partial charge on any atom is 0.244 e. The van der Waals surface area contributed by atoms with Gasteiger partial charge in [-0.25, -0.2) is 13.1 Å². The van der Waals surface area contributed by atoms with Gasteiger partial charge in [0.15, 0.2) is 0 Å². The van der Waals surface area contributed by atoms with Crippen molar-refractivity contribution < 1.29 is 12.8 Å². The Morgan fingerprint density at radius 2 is 2.38 bits per heavy atom. The summed E-state index contributed by atoms with van der Waals surface area (Å²) < 4.78 is 31.2. The molecule has 86 valence electrons. The summed E-state index contributed by atoms with van der Waals surface area (Å²) in [6, 6.07) is 3.00. The minimum absolute atomic E-state index is 0.103. The SMILES string of the molecule is CC(NS(=O)(=O)c1cn[nH]c1)c1ccco1. The van der Waals surface area contributed by atoms with Crippen LogP contribution in [0.3, 0.4) is 0 Å². The summed E-state index contributed by atoms with van der Waals surface area (Å²) in [5, 5.41) is 6.04. The van der Waals surface area contributed by atoms with Crippen LogP contribution in [-0.4, -0.2) is 18.6 Å². The molecule has 2 aromatic heterocycles. The normalized spacial score (nSPS) is 13.8. The van der Waals surface area contributed by atoms with E-state index in [1.807, 2.05) is 0 Å². The van der Waals surface area contributed by atoms with Gasteiger partial charge >= 0.3 is 0 Å². The van der Waals surface area contributed by atoms with Crippen molar-refractivity contribution >= 4 is 10.0 Å². The predicted molar refractivity (Wildman–Crippen MR) is 56.0 cm³/mol. The topological polar surface area (TPSA) is 88.0 Å². The Bertz CT molecular complexity index is 531. The van der Waals surface area contributed by atoms with E-state index in [2.05, 4.69) is 14.9 Å². The molecule has 0 saturated carbocycles. The minimum atomic E-state index is -3.55. The van der Waals surface area contributed by atoms with Crippen LogP contribution in [0.1, 0.15) is 18.7 Å². The van der Waals surface area contributed by atoms with Gasteiger partial charge in [-0.3, -0.25) is 5.10 Å². The molecule has 0 fully saturated rings. The van der Waals surface area contributed by atoms with Crippen molar-refractivity contribution in [2.45, 2.75) is 17.9 Å². The zero-order valence-electron chi connectivity index (χ0n) is 8.54. The second kappa shape index (κ2) is 4.11. The Morgan fingerprint density at radius 3 is 2.94 bits per heavy atom. The highest BCUT2D eigenvalue weighted by Crippen LogP contribution is 2.16. The van der Waals surface area contributed by atoms with Crippen LogP contribution in [0.25, 0.3) is 0 Å². The van der Waals surface area contributed by atoms with E-state index in [9.17, 15) is 8.42 Å². The quantitative estimate of drug-likeness (QED) is 0.837. The molecule has 0 aliphatic rings. The van der Waals surface area contributed by atoms with E-state index in [-0.39, 0.29) is 4.90 Å². The van der Waals surface area contributed by atoms with Gasteiger partial charge in [-0.05, 0) is 19.1 Å². The molecule has 2 aromatic rings. The standard InChI is InChI=1S/C9H11N3O3S/c1-7(9-3-2-4-15-9)12-16(13,14)8-5-10-11-6-8/h2-7,12H,1H3,(H,10,11). The van der Waals surface area contributed by atoms with Crippen LogP contribution >= 0.6 is 0 Å². The van der Waals surface area contributed by atoms with E-state index in [1.54, 1.807) is 19.1 Å². The fourth-order valence-electron chi connectivity index (χ4n) is 1.28. The molecule has 0 amide bonds. The third-order valence-corrected chi connectivity index (χ3v) is 3.59. The van der Waals surface area contributed by atoms with Gasteiger partial charge in [0.05, 0.1) is 18.5 Å². The van der Waals surface area contributed by atoms with E-state index in [0.717, 1.165) is 0 Å². The summed E-state index contributed by atoms with van der Waals surface area (Å²) in [7, 11) is -3.55. The second-order valence-electron chi connectivity index (χ2n) is 3.29. The molecular formula is C9H11N3O3S. The highest BCUT2D eigenvalue weighted by atomic mass is 32.2. The lowest BCUT2D eigenvalue weighted by atomic mass is 10.3. The van der Waals surface area contributed by atoms with Gasteiger partial charge < -0.3 is 4.42 Å². The first-order valence-electron chi connectivity index (χ1n) is 4.64. The number of nitrogens with one attached hydrogen (secondary N) is 2. The Balaban J connectivity index is 2.16. The maximum absolute atomic E-state index is 11.8. The Kier molecular flexibility index (Phi) is 2.80. The largest absolute Gasteiger partial charge is 0.468 e. The average Bonchev–Trinajstić information content (AvgIpc) is 2.91. The molecule has 7 heteroatoms. The fraction of sp³-hybridized carbons (Fsp3) is 0.222. The van der Waals surface area contributed by atoms with Crippen LogP contribution in [0.4, 0.5) is 0 Å². The molecule has 0 aliphatic heterocycles. The lowest BCUT2D eigenvalue weighted by Crippen LogP contribution is -2.26. The van der Waals surface area contributed by atoms with Crippen LogP contribution < -0.4 is 4.72 Å². The molecule has 0 aromatic carbocycles. The summed E-state index contributed by atoms with van der Waals surface area (Å²) in [4.78, 5) is 0.103. The van der Waals surface area contributed by atoms with Crippen molar-refractivity contribution in [3.05, 3.63) is 36.5 Å². The zero-order valence-corrected chi connectivity index (χ0v) is 9.36. The van der Waals surface area contributed by atoms with E-state index < -0.39 is 16.1 Å². The first-order chi connectivity index (χ1) is 7.59. The molecule has 2 heterocycles. The highest BCUT2D eigenvalue weighted by Gasteiger charge is 2.20. The first-order valence-corrected chi connectivity index (χ1v) is 6.12. The van der Waals surface area contributed by atoms with Crippen LogP contribution in [0.5, 0.6) is 0 Å². The first kappa shape index (κ1) is 10.9. The maximum atomic E-state index is 11.8. The molecule has 0 spiro atoms. The van der Waals surface area contributed by atoms with Crippen molar-refractivity contribution in [1.29, 1.82) is 0 Å². The van der Waals surface area contributed by atoms with Crippen molar-refractivity contribution in [3.8, 4) is 0 Å². The van der Waals surface area contributed by atoms with Crippen LogP contribution in [-0.2, 0) is 10.0 Å². The van der Waals surface area contributed by atoms with Gasteiger partial charge in [0.25, 0.3) is 0 Å². The number of rotatable bonds is 4. The van der Waals surface area contributed by atoms with Crippen molar-refractivity contribution in [1.82, 2.24) is 14.9 Å². The van der Waals surface area contributed by atoms with E-state index in [1.165, 1.54) is 18.7 Å². The molecule has 0 bridgehead atoms. The Morgan fingerprint density at radius 1 is 1.56 bits per heavy atom. The fourth-order valence-corrected chi connectivity index (χ4v) is 2.40. The Labute approximate surface area is 92.7 Å². The summed E-state index contributed by atoms with van der Waals surface area (Å²) in [5.74, 6) is 0.562. The van der Waals surface area contributed by atoms with Crippen molar-refractivity contribution in [2.75, 3.05) is 0 Å². The molecule has 2 rings (SSSR count). The van der Waals surface area contributed by atoms with Crippen LogP contribution in [0, 0.1) is 0 Å². The molecule has 0 radical (unpaired) electrons. The smallest absolute Gasteiger partial charge is 0.244 e. The van der Waals surface area contributed by atoms with Gasteiger partial charge in [-0.2, -0.15) is 5.10 Å². The van der Waals surface area contributed by atoms with Gasteiger partial charge in [0, 0.05) is 6.20 Å². The third-order valence-electron chi connectivity index (χ3n) is 2.09. The number of sulfonamides is 1. The number of furan rings is 1. The Hall–Kier alpha value is -1.60. The number of hydrogen-bond donors (Lipinski definition) is 2. The summed E-state index contributed by atoms with van der Waals surface area (Å²) in [6.45, 7) is 1.70. The van der Waals surface area contributed by atoms with Gasteiger partial charge in [0.2, 0.25) is 10.0 Å². The van der Waals surface area contributed by atoms with Gasteiger partial charge in [-0.15, -0.1) is 0 Å². The van der Waals surface area contributed by atoms with E-state index >= 15 is 0 Å². The molecule has 1 unspecified atom stereocenters. The van der Waals surface area contributed by atoms with Crippen LogP contribution in [0.15, 0.2) is 40.1 Å². The zero-order chi connectivity index (χ0) is 11.6. The second-order valence-corrected chi connectivity index (χ2v) is 5.01. The number of aromatic amines is 1. The molecule has 0 saturated heterocycles. The monoisotopic (exact) mass is 241 g/mol. The van der Waals surface area contributed by atoms with Crippen molar-refractivity contribution in [3.63, 3.8) is 0 Å². The molecule has 0 aliphatic carbocycles. The number of nitrogens with zero attached hydrogens (tertiary/aromatic N) is 1. The van der Waals surface area contributed by atoms with E-state index in [0.29, 0.717) is 5.76 Å². The molecule has 16 heavy (non-hydrogen) atoms. The summed E-state index contributed by atoms with van der Waals surface area (Å²) in [5.41, 5.74) is 0. The predicted octanol–water partition coefficient (Wildman–Crippen LogP) is 1.04. The minimum Gasteiger partial charge on any atom is -0.468 e. The lowest BCUT2D eigenvalue weighted by Gasteiger charge is -2.10. The summed E-state index contributed by atoms with van der Waals surface area (Å²) in [6.07, 6.45) is 4.06. The number of aromatic nitrogens is 2. The highest BCUT2D eigenvalue weighted by molar-refractivity contribution is 7.89. The average molecular weight is 241 g/mol. The molecule has 6 nitrogen and oxygen atoms in total. The number of H-pyrrole nitrogens is 1. The molecular weight excluding hydrogens is 230 g/mol. The summed E-state index contributed by atoms with van der Waals surface area (Å²) >= 11 is 0. The molecule has 2 N–H and O–H groups in total. The lowest BCUT2D eigenvalue weighted by molar-refractivity contribution is 0.459. The van der Waals surface area contributed by atoms with Crippen molar-refractivity contribution in [2.24, 2.45) is 0 Å². The van der Waals surface area contributed by atoms with Gasteiger partial charge in [0.1, 0.15) is 10.7 Å². The number of hydrogen-bond acceptors (Lipinski definition) is 4. The van der Waals surface area contributed by atoms with E-state index in [4.69, 9.17) is 4.42 Å². The molecule has 1 atom stereocenters. The van der Waals surface area contributed by atoms with Crippen LogP contribution in [0.2, 0.25) is 0 Å².